The van der Waals surface area contributed by atoms with Crippen molar-refractivity contribution in [1.29, 1.82) is 0 Å². The van der Waals surface area contributed by atoms with Crippen molar-refractivity contribution in [3.63, 3.8) is 0 Å². The number of esters is 1. The number of rotatable bonds is 7. The molecule has 0 saturated carbocycles. The SMILES string of the molecule is CCOCC#CC#CCOCCOC(=O)c1ccccc1. The Bertz CT molecular complexity index is 529. The fourth-order valence-corrected chi connectivity index (χ4v) is 1.29. The molecule has 0 aliphatic rings. The molecule has 4 heteroatoms. The van der Waals surface area contributed by atoms with Gasteiger partial charge in [0.05, 0.1) is 12.2 Å². The number of hydrogen-bond donors (Lipinski definition) is 0. The Morgan fingerprint density at radius 2 is 1.67 bits per heavy atom. The number of carbonyl (C=O) groups is 1. The lowest BCUT2D eigenvalue weighted by atomic mass is 10.2. The van der Waals surface area contributed by atoms with Crippen LogP contribution in [-0.2, 0) is 14.2 Å². The van der Waals surface area contributed by atoms with Crippen LogP contribution in [0.2, 0.25) is 0 Å². The molecule has 0 heterocycles. The fraction of sp³-hybridized carbons (Fsp3) is 0.353. The molecule has 1 aromatic carbocycles. The van der Waals surface area contributed by atoms with E-state index in [9.17, 15) is 4.79 Å². The molecule has 110 valence electrons. The summed E-state index contributed by atoms with van der Waals surface area (Å²) in [7, 11) is 0. The molecule has 1 aromatic rings. The van der Waals surface area contributed by atoms with E-state index in [0.717, 1.165) is 0 Å². The van der Waals surface area contributed by atoms with Crippen molar-refractivity contribution in [1.82, 2.24) is 0 Å². The molecule has 0 bridgehead atoms. The Morgan fingerprint density at radius 3 is 2.33 bits per heavy atom. The van der Waals surface area contributed by atoms with Gasteiger partial charge in [-0.2, -0.15) is 0 Å². The van der Waals surface area contributed by atoms with Crippen molar-refractivity contribution in [3.05, 3.63) is 35.9 Å². The summed E-state index contributed by atoms with van der Waals surface area (Å²) >= 11 is 0. The second-order valence-electron chi connectivity index (χ2n) is 3.80. The lowest BCUT2D eigenvalue weighted by Crippen LogP contribution is -2.10. The van der Waals surface area contributed by atoms with Gasteiger partial charge in [-0.15, -0.1) is 0 Å². The van der Waals surface area contributed by atoms with E-state index >= 15 is 0 Å². The van der Waals surface area contributed by atoms with Crippen LogP contribution >= 0.6 is 0 Å². The predicted molar refractivity (Wildman–Crippen MR) is 79.6 cm³/mol. The first kappa shape index (κ1) is 16.8. The third-order valence-corrected chi connectivity index (χ3v) is 2.26. The highest BCUT2D eigenvalue weighted by atomic mass is 16.6. The summed E-state index contributed by atoms with van der Waals surface area (Å²) in [4.78, 5) is 11.6. The highest BCUT2D eigenvalue weighted by Gasteiger charge is 2.04. The zero-order valence-electron chi connectivity index (χ0n) is 12.1. The van der Waals surface area contributed by atoms with Gasteiger partial charge in [-0.25, -0.2) is 4.79 Å². The van der Waals surface area contributed by atoms with Gasteiger partial charge in [-0.05, 0) is 30.9 Å². The molecule has 0 radical (unpaired) electrons. The molecule has 1 rings (SSSR count). The smallest absolute Gasteiger partial charge is 0.338 e. The van der Waals surface area contributed by atoms with Crippen LogP contribution < -0.4 is 0 Å². The van der Waals surface area contributed by atoms with Gasteiger partial charge >= 0.3 is 5.97 Å². The van der Waals surface area contributed by atoms with E-state index in [4.69, 9.17) is 14.2 Å². The molecule has 0 fully saturated rings. The van der Waals surface area contributed by atoms with Crippen molar-refractivity contribution >= 4 is 5.97 Å². The van der Waals surface area contributed by atoms with Crippen molar-refractivity contribution in [3.8, 4) is 23.7 Å². The Morgan fingerprint density at radius 1 is 1.00 bits per heavy atom. The fourth-order valence-electron chi connectivity index (χ4n) is 1.29. The van der Waals surface area contributed by atoms with Gasteiger partial charge < -0.3 is 14.2 Å². The summed E-state index contributed by atoms with van der Waals surface area (Å²) in [6.07, 6.45) is 0. The van der Waals surface area contributed by atoms with E-state index in [2.05, 4.69) is 23.7 Å². The van der Waals surface area contributed by atoms with Gasteiger partial charge in [0.2, 0.25) is 0 Å². The van der Waals surface area contributed by atoms with Crippen molar-refractivity contribution in [2.75, 3.05) is 33.0 Å². The van der Waals surface area contributed by atoms with Gasteiger partial charge in [0.25, 0.3) is 0 Å². The van der Waals surface area contributed by atoms with E-state index in [1.54, 1.807) is 24.3 Å². The minimum absolute atomic E-state index is 0.200. The van der Waals surface area contributed by atoms with Gasteiger partial charge in [-0.1, -0.05) is 30.0 Å². The molecule has 0 aromatic heterocycles. The van der Waals surface area contributed by atoms with E-state index < -0.39 is 0 Å². The van der Waals surface area contributed by atoms with E-state index in [1.165, 1.54) is 0 Å². The summed E-state index contributed by atoms with van der Waals surface area (Å²) < 4.78 is 15.3. The molecule has 0 aliphatic carbocycles. The summed E-state index contributed by atoms with van der Waals surface area (Å²) in [6.45, 7) is 3.71. The van der Waals surface area contributed by atoms with Crippen LogP contribution in [0, 0.1) is 23.7 Å². The molecule has 0 N–H and O–H groups in total. The molecule has 0 atom stereocenters. The lowest BCUT2D eigenvalue weighted by Gasteiger charge is -2.03. The summed E-state index contributed by atoms with van der Waals surface area (Å²) in [5.41, 5.74) is 0.530. The Balaban J connectivity index is 2.06. The summed E-state index contributed by atoms with van der Waals surface area (Å²) in [5.74, 6) is 10.4. The molecule has 0 spiro atoms. The van der Waals surface area contributed by atoms with Gasteiger partial charge in [0.1, 0.15) is 19.8 Å². The average molecular weight is 286 g/mol. The molecule has 4 nitrogen and oxygen atoms in total. The second kappa shape index (κ2) is 11.5. The van der Waals surface area contributed by atoms with E-state index in [1.807, 2.05) is 13.0 Å². The number of ether oxygens (including phenoxy) is 3. The Kier molecular flexibility index (Phi) is 9.23. The highest BCUT2D eigenvalue weighted by Crippen LogP contribution is 2.00. The zero-order valence-corrected chi connectivity index (χ0v) is 12.1. The summed E-state index contributed by atoms with van der Waals surface area (Å²) in [6, 6.07) is 8.82. The molecular weight excluding hydrogens is 268 g/mol. The highest BCUT2D eigenvalue weighted by molar-refractivity contribution is 5.89. The monoisotopic (exact) mass is 286 g/mol. The van der Waals surface area contributed by atoms with Crippen LogP contribution in [0.1, 0.15) is 17.3 Å². The topological polar surface area (TPSA) is 44.8 Å². The van der Waals surface area contributed by atoms with E-state index in [-0.39, 0.29) is 19.2 Å². The molecule has 0 aliphatic heterocycles. The van der Waals surface area contributed by atoms with Gasteiger partial charge in [0.15, 0.2) is 0 Å². The average Bonchev–Trinajstić information content (AvgIpc) is 2.53. The van der Waals surface area contributed by atoms with Crippen LogP contribution in [0.15, 0.2) is 30.3 Å². The molecule has 21 heavy (non-hydrogen) atoms. The number of hydrogen-bond acceptors (Lipinski definition) is 4. The molecule has 0 saturated heterocycles. The molecular formula is C17H18O4. The quantitative estimate of drug-likeness (QED) is 0.436. The Labute approximate surface area is 125 Å². The normalized spacial score (nSPS) is 9.00. The maximum atomic E-state index is 11.6. The van der Waals surface area contributed by atoms with Crippen LogP contribution in [-0.4, -0.2) is 39.0 Å². The minimum atomic E-state index is -0.355. The minimum Gasteiger partial charge on any atom is -0.460 e. The van der Waals surface area contributed by atoms with Crippen LogP contribution in [0.25, 0.3) is 0 Å². The van der Waals surface area contributed by atoms with Crippen molar-refractivity contribution in [2.24, 2.45) is 0 Å². The first-order valence-electron chi connectivity index (χ1n) is 6.68. The maximum absolute atomic E-state index is 11.6. The Hall–Kier alpha value is -2.27. The molecule has 0 unspecified atom stereocenters. The van der Waals surface area contributed by atoms with Crippen molar-refractivity contribution < 1.29 is 19.0 Å². The number of benzene rings is 1. The van der Waals surface area contributed by atoms with Crippen LogP contribution in [0.4, 0.5) is 0 Å². The zero-order chi connectivity index (χ0) is 15.2. The van der Waals surface area contributed by atoms with Crippen molar-refractivity contribution in [2.45, 2.75) is 6.92 Å². The second-order valence-corrected chi connectivity index (χ2v) is 3.80. The van der Waals surface area contributed by atoms with Gasteiger partial charge in [0, 0.05) is 6.61 Å². The van der Waals surface area contributed by atoms with Gasteiger partial charge in [-0.3, -0.25) is 0 Å². The number of carbonyl (C=O) groups excluding carboxylic acids is 1. The lowest BCUT2D eigenvalue weighted by molar-refractivity contribution is 0.0359. The summed E-state index contributed by atoms with van der Waals surface area (Å²) in [5, 5.41) is 0. The predicted octanol–water partition coefficient (Wildman–Crippen LogP) is 1.90. The maximum Gasteiger partial charge on any atom is 0.338 e. The van der Waals surface area contributed by atoms with Crippen LogP contribution in [0.3, 0.4) is 0 Å². The first-order chi connectivity index (χ1) is 10.3. The largest absolute Gasteiger partial charge is 0.460 e. The molecule has 0 amide bonds. The first-order valence-corrected chi connectivity index (χ1v) is 6.68. The van der Waals surface area contributed by atoms with Crippen LogP contribution in [0.5, 0.6) is 0 Å². The third kappa shape index (κ3) is 8.49. The van der Waals surface area contributed by atoms with E-state index in [0.29, 0.717) is 25.4 Å². The third-order valence-electron chi connectivity index (χ3n) is 2.26. The standard InChI is InChI=1S/C17H18O4/c1-2-19-12-8-3-4-9-13-20-14-15-21-17(18)16-10-6-5-7-11-16/h5-7,10-11H,2,12-15H2,1H3.